The van der Waals surface area contributed by atoms with Gasteiger partial charge in [0.25, 0.3) is 0 Å². The summed E-state index contributed by atoms with van der Waals surface area (Å²) in [5.41, 5.74) is 2.49. The summed E-state index contributed by atoms with van der Waals surface area (Å²) < 4.78 is 0. The van der Waals surface area contributed by atoms with Gasteiger partial charge in [0.15, 0.2) is 0 Å². The lowest BCUT2D eigenvalue weighted by atomic mass is 10.1. The van der Waals surface area contributed by atoms with Crippen molar-refractivity contribution < 1.29 is 0 Å². The summed E-state index contributed by atoms with van der Waals surface area (Å²) in [6.07, 6.45) is 0. The zero-order chi connectivity index (χ0) is 17.6. The quantitative estimate of drug-likeness (QED) is 0.716. The Hall–Kier alpha value is -2.88. The Balaban J connectivity index is 1.76. The summed E-state index contributed by atoms with van der Waals surface area (Å²) in [6.45, 7) is 4.88. The minimum Gasteiger partial charge on any atom is -0.363 e. The Bertz CT molecular complexity index is 803. The second-order valence-electron chi connectivity index (χ2n) is 6.28. The van der Waals surface area contributed by atoms with E-state index in [0.29, 0.717) is 0 Å². The van der Waals surface area contributed by atoms with Crippen molar-refractivity contribution in [2.24, 2.45) is 0 Å². The maximum Gasteiger partial charge on any atom is 0.134 e. The topological polar surface area (TPSA) is 41.1 Å². The summed E-state index contributed by atoms with van der Waals surface area (Å²) in [5, 5.41) is 3.48. The van der Waals surface area contributed by atoms with Gasteiger partial charge in [-0.25, -0.2) is 9.97 Å². The van der Waals surface area contributed by atoms with E-state index in [1.165, 1.54) is 11.1 Å². The smallest absolute Gasteiger partial charge is 0.134 e. The largest absolute Gasteiger partial charge is 0.363 e. The van der Waals surface area contributed by atoms with Crippen LogP contribution in [-0.2, 0) is 6.54 Å². The molecule has 3 aromatic rings. The van der Waals surface area contributed by atoms with E-state index in [2.05, 4.69) is 82.7 Å². The number of hydrogen-bond donors (Lipinski definition) is 1. The van der Waals surface area contributed by atoms with E-state index >= 15 is 0 Å². The van der Waals surface area contributed by atoms with Crippen molar-refractivity contribution in [1.29, 1.82) is 0 Å². The SMILES string of the molecule is Cc1nc(NC(C)c2ccccc2)cc(N(C)Cc2ccccc2)n1. The molecule has 1 aromatic heterocycles. The van der Waals surface area contributed by atoms with Crippen LogP contribution in [-0.4, -0.2) is 17.0 Å². The van der Waals surface area contributed by atoms with Crippen LogP contribution in [0.3, 0.4) is 0 Å². The van der Waals surface area contributed by atoms with Crippen LogP contribution in [0.25, 0.3) is 0 Å². The Morgan fingerprint density at radius 3 is 2.28 bits per heavy atom. The number of aromatic nitrogens is 2. The molecule has 3 rings (SSSR count). The van der Waals surface area contributed by atoms with Crippen LogP contribution < -0.4 is 10.2 Å². The van der Waals surface area contributed by atoms with Gasteiger partial charge in [0.2, 0.25) is 0 Å². The number of anilines is 2. The fourth-order valence-electron chi connectivity index (χ4n) is 2.81. The molecular formula is C21H24N4. The summed E-state index contributed by atoms with van der Waals surface area (Å²) in [6, 6.07) is 23.0. The molecule has 128 valence electrons. The molecular weight excluding hydrogens is 308 g/mol. The minimum atomic E-state index is 0.183. The zero-order valence-electron chi connectivity index (χ0n) is 15.0. The van der Waals surface area contributed by atoms with E-state index in [4.69, 9.17) is 0 Å². The van der Waals surface area contributed by atoms with Gasteiger partial charge in [0.05, 0.1) is 0 Å². The van der Waals surface area contributed by atoms with Crippen LogP contribution in [0.4, 0.5) is 11.6 Å². The van der Waals surface area contributed by atoms with E-state index in [1.54, 1.807) is 0 Å². The van der Waals surface area contributed by atoms with Gasteiger partial charge in [0.1, 0.15) is 17.5 Å². The van der Waals surface area contributed by atoms with Crippen LogP contribution >= 0.6 is 0 Å². The lowest BCUT2D eigenvalue weighted by Gasteiger charge is -2.21. The monoisotopic (exact) mass is 332 g/mol. The van der Waals surface area contributed by atoms with Crippen molar-refractivity contribution in [2.75, 3.05) is 17.3 Å². The third kappa shape index (κ3) is 4.57. The fourth-order valence-corrected chi connectivity index (χ4v) is 2.81. The molecule has 0 aliphatic carbocycles. The average Bonchev–Trinajstić information content (AvgIpc) is 2.63. The number of aryl methyl sites for hydroxylation is 1. The van der Waals surface area contributed by atoms with E-state index in [9.17, 15) is 0 Å². The van der Waals surface area contributed by atoms with Crippen molar-refractivity contribution in [3.63, 3.8) is 0 Å². The van der Waals surface area contributed by atoms with Crippen LogP contribution in [0, 0.1) is 6.92 Å². The molecule has 4 heteroatoms. The Morgan fingerprint density at radius 1 is 0.960 bits per heavy atom. The molecule has 4 nitrogen and oxygen atoms in total. The molecule has 1 atom stereocenters. The van der Waals surface area contributed by atoms with Crippen LogP contribution in [0.2, 0.25) is 0 Å². The van der Waals surface area contributed by atoms with Crippen molar-refractivity contribution in [2.45, 2.75) is 26.4 Å². The van der Waals surface area contributed by atoms with Gasteiger partial charge in [-0.05, 0) is 25.0 Å². The summed E-state index contributed by atoms with van der Waals surface area (Å²) in [5.74, 6) is 2.53. The summed E-state index contributed by atoms with van der Waals surface area (Å²) >= 11 is 0. The van der Waals surface area contributed by atoms with Gasteiger partial charge in [-0.1, -0.05) is 60.7 Å². The number of nitrogens with one attached hydrogen (secondary N) is 1. The van der Waals surface area contributed by atoms with Crippen LogP contribution in [0.15, 0.2) is 66.7 Å². The van der Waals surface area contributed by atoms with Gasteiger partial charge in [0, 0.05) is 25.7 Å². The van der Waals surface area contributed by atoms with Gasteiger partial charge in [-0.2, -0.15) is 0 Å². The van der Waals surface area contributed by atoms with E-state index in [1.807, 2.05) is 25.1 Å². The highest BCUT2D eigenvalue weighted by atomic mass is 15.2. The normalized spacial score (nSPS) is 11.8. The third-order valence-corrected chi connectivity index (χ3v) is 4.14. The summed E-state index contributed by atoms with van der Waals surface area (Å²) in [7, 11) is 2.05. The molecule has 1 unspecified atom stereocenters. The molecule has 0 radical (unpaired) electrons. The molecule has 2 aromatic carbocycles. The van der Waals surface area contributed by atoms with E-state index < -0.39 is 0 Å². The Kier molecular flexibility index (Phi) is 5.29. The van der Waals surface area contributed by atoms with Crippen LogP contribution in [0.5, 0.6) is 0 Å². The van der Waals surface area contributed by atoms with Gasteiger partial charge in [-0.15, -0.1) is 0 Å². The molecule has 1 heterocycles. The predicted molar refractivity (Wildman–Crippen MR) is 104 cm³/mol. The molecule has 0 saturated heterocycles. The highest BCUT2D eigenvalue weighted by Gasteiger charge is 2.10. The van der Waals surface area contributed by atoms with Gasteiger partial charge >= 0.3 is 0 Å². The van der Waals surface area contributed by atoms with Gasteiger partial charge < -0.3 is 10.2 Å². The maximum atomic E-state index is 4.58. The van der Waals surface area contributed by atoms with Gasteiger partial charge in [-0.3, -0.25) is 0 Å². The highest BCUT2D eigenvalue weighted by Crippen LogP contribution is 2.21. The fraction of sp³-hybridized carbons (Fsp3) is 0.238. The molecule has 0 amide bonds. The highest BCUT2D eigenvalue weighted by molar-refractivity contribution is 5.50. The number of benzene rings is 2. The Labute approximate surface area is 149 Å². The summed E-state index contributed by atoms with van der Waals surface area (Å²) in [4.78, 5) is 11.3. The number of hydrogen-bond acceptors (Lipinski definition) is 4. The Morgan fingerprint density at radius 2 is 1.60 bits per heavy atom. The molecule has 0 bridgehead atoms. The van der Waals surface area contributed by atoms with Crippen molar-refractivity contribution in [1.82, 2.24) is 9.97 Å². The molecule has 1 N–H and O–H groups in total. The first kappa shape index (κ1) is 17.0. The lowest BCUT2D eigenvalue weighted by molar-refractivity contribution is 0.851. The molecule has 0 spiro atoms. The van der Waals surface area contributed by atoms with E-state index in [0.717, 1.165) is 24.0 Å². The average molecular weight is 332 g/mol. The standard InChI is InChI=1S/C21H24N4/c1-16(19-12-8-5-9-13-19)22-20-14-21(24-17(2)23-20)25(3)15-18-10-6-4-7-11-18/h4-14,16H,15H2,1-3H3,(H,22,23,24). The minimum absolute atomic E-state index is 0.183. The second-order valence-corrected chi connectivity index (χ2v) is 6.28. The first-order valence-electron chi connectivity index (χ1n) is 8.54. The second kappa shape index (κ2) is 7.79. The molecule has 25 heavy (non-hydrogen) atoms. The molecule has 0 fully saturated rings. The predicted octanol–water partition coefficient (Wildman–Crippen LogP) is 4.59. The number of nitrogens with zero attached hydrogens (tertiary/aromatic N) is 3. The zero-order valence-corrected chi connectivity index (χ0v) is 15.0. The van der Waals surface area contributed by atoms with Crippen molar-refractivity contribution in [3.8, 4) is 0 Å². The van der Waals surface area contributed by atoms with Crippen LogP contribution in [0.1, 0.15) is 29.9 Å². The lowest BCUT2D eigenvalue weighted by Crippen LogP contribution is -2.19. The maximum absolute atomic E-state index is 4.58. The van der Waals surface area contributed by atoms with E-state index in [-0.39, 0.29) is 6.04 Å². The van der Waals surface area contributed by atoms with Crippen molar-refractivity contribution in [3.05, 3.63) is 83.7 Å². The number of rotatable bonds is 6. The molecule has 0 saturated carbocycles. The first-order valence-corrected chi connectivity index (χ1v) is 8.54. The molecule has 0 aliphatic heterocycles. The first-order chi connectivity index (χ1) is 12.1. The molecule has 0 aliphatic rings. The third-order valence-electron chi connectivity index (χ3n) is 4.14. The van der Waals surface area contributed by atoms with Crippen molar-refractivity contribution >= 4 is 11.6 Å².